The van der Waals surface area contributed by atoms with Crippen LogP contribution in [0.15, 0.2) is 11.6 Å². The van der Waals surface area contributed by atoms with Crippen LogP contribution < -0.4 is 5.32 Å². The molecule has 0 unspecified atom stereocenters. The van der Waals surface area contributed by atoms with Gasteiger partial charge in [-0.3, -0.25) is 4.79 Å². The fourth-order valence-electron chi connectivity index (χ4n) is 0.391. The minimum atomic E-state index is -0.303. The van der Waals surface area contributed by atoms with Gasteiger partial charge in [-0.1, -0.05) is 5.57 Å². The minimum Gasteiger partial charge on any atom is -0.376 e. The van der Waals surface area contributed by atoms with Gasteiger partial charge in [-0.15, -0.1) is 0 Å². The van der Waals surface area contributed by atoms with Gasteiger partial charge in [-0.05, 0) is 13.8 Å². The molecule has 0 aromatic rings. The number of hydrogen-bond donors (Lipinski definition) is 2. The van der Waals surface area contributed by atoms with E-state index in [-0.39, 0.29) is 12.6 Å². The van der Waals surface area contributed by atoms with E-state index < -0.39 is 0 Å². The van der Waals surface area contributed by atoms with Crippen molar-refractivity contribution in [2.24, 2.45) is 0 Å². The molecule has 0 saturated heterocycles. The molecule has 2 N–H and O–H groups in total. The summed E-state index contributed by atoms with van der Waals surface area (Å²) in [5, 5.41) is 10.4. The number of aliphatic hydroxyl groups excluding tert-OH is 1. The zero-order valence-corrected chi connectivity index (χ0v) is 5.64. The van der Waals surface area contributed by atoms with E-state index in [0.29, 0.717) is 0 Å². The van der Waals surface area contributed by atoms with Crippen molar-refractivity contribution in [2.45, 2.75) is 13.8 Å². The third-order valence-corrected chi connectivity index (χ3v) is 0.673. The van der Waals surface area contributed by atoms with Crippen molar-refractivity contribution in [3.05, 3.63) is 11.6 Å². The van der Waals surface area contributed by atoms with Gasteiger partial charge in [-0.25, -0.2) is 0 Å². The summed E-state index contributed by atoms with van der Waals surface area (Å²) in [7, 11) is 0. The number of carbonyl (C=O) groups is 1. The van der Waals surface area contributed by atoms with Crippen LogP contribution in [0.5, 0.6) is 0 Å². The van der Waals surface area contributed by atoms with Crippen LogP contribution in [0.1, 0.15) is 13.8 Å². The van der Waals surface area contributed by atoms with E-state index in [1.54, 1.807) is 0 Å². The van der Waals surface area contributed by atoms with Crippen molar-refractivity contribution in [3.63, 3.8) is 0 Å². The van der Waals surface area contributed by atoms with Crippen LogP contribution >= 0.6 is 0 Å². The Morgan fingerprint density at radius 2 is 2.22 bits per heavy atom. The van der Waals surface area contributed by atoms with Gasteiger partial charge in [0.15, 0.2) is 0 Å². The Morgan fingerprint density at radius 3 is 2.56 bits per heavy atom. The summed E-state index contributed by atoms with van der Waals surface area (Å²) < 4.78 is 0. The highest BCUT2D eigenvalue weighted by Gasteiger charge is 1.90. The zero-order chi connectivity index (χ0) is 7.28. The monoisotopic (exact) mass is 129 g/mol. The topological polar surface area (TPSA) is 49.3 Å². The number of nitrogens with one attached hydrogen (secondary N) is 1. The van der Waals surface area contributed by atoms with E-state index in [1.165, 1.54) is 6.08 Å². The quantitative estimate of drug-likeness (QED) is 0.408. The molecule has 0 fully saturated rings. The molecular weight excluding hydrogens is 118 g/mol. The number of carbonyl (C=O) groups excluding carboxylic acids is 1. The lowest BCUT2D eigenvalue weighted by Crippen LogP contribution is -2.21. The highest BCUT2D eigenvalue weighted by Crippen LogP contribution is 1.85. The highest BCUT2D eigenvalue weighted by molar-refractivity contribution is 5.87. The Bertz CT molecular complexity index is 125. The van der Waals surface area contributed by atoms with Gasteiger partial charge in [0.2, 0.25) is 5.91 Å². The Hall–Kier alpha value is -0.830. The van der Waals surface area contributed by atoms with Gasteiger partial charge >= 0.3 is 0 Å². The summed E-state index contributed by atoms with van der Waals surface area (Å²) >= 11 is 0. The van der Waals surface area contributed by atoms with Crippen molar-refractivity contribution < 1.29 is 9.90 Å². The molecule has 1 amide bonds. The van der Waals surface area contributed by atoms with Crippen LogP contribution in [0.3, 0.4) is 0 Å². The van der Waals surface area contributed by atoms with Gasteiger partial charge in [0.05, 0.1) is 0 Å². The first-order valence-electron chi connectivity index (χ1n) is 2.70. The Morgan fingerprint density at radius 1 is 1.67 bits per heavy atom. The number of rotatable bonds is 2. The second-order valence-corrected chi connectivity index (χ2v) is 1.92. The first-order valence-corrected chi connectivity index (χ1v) is 2.70. The standard InChI is InChI=1S/C6H11NO2/c1-5(2)3-6(9)7-4-8/h3,8H,4H2,1-2H3,(H,7,9). The maximum absolute atomic E-state index is 10.5. The van der Waals surface area contributed by atoms with Gasteiger partial charge in [0.1, 0.15) is 6.73 Å². The fourth-order valence-corrected chi connectivity index (χ4v) is 0.391. The van der Waals surface area contributed by atoms with Gasteiger partial charge in [0.25, 0.3) is 0 Å². The molecule has 0 radical (unpaired) electrons. The molecule has 52 valence electrons. The van der Waals surface area contributed by atoms with Crippen molar-refractivity contribution in [3.8, 4) is 0 Å². The summed E-state index contributed by atoms with van der Waals surface area (Å²) in [6.45, 7) is 3.33. The van der Waals surface area contributed by atoms with Crippen LogP contribution in [-0.2, 0) is 4.79 Å². The van der Waals surface area contributed by atoms with Gasteiger partial charge in [0, 0.05) is 6.08 Å². The van der Waals surface area contributed by atoms with Crippen molar-refractivity contribution >= 4 is 5.91 Å². The zero-order valence-electron chi connectivity index (χ0n) is 5.64. The molecule has 0 aromatic heterocycles. The molecule has 0 bridgehead atoms. The molecule has 3 nitrogen and oxygen atoms in total. The Kier molecular flexibility index (Phi) is 3.71. The predicted octanol–water partition coefficient (Wildman–Crippen LogP) is 0.0186. The van der Waals surface area contributed by atoms with E-state index in [2.05, 4.69) is 5.32 Å². The molecule has 0 saturated carbocycles. The van der Waals surface area contributed by atoms with Crippen LogP contribution in [0.25, 0.3) is 0 Å². The lowest BCUT2D eigenvalue weighted by atomic mass is 10.3. The molecular formula is C6H11NO2. The molecule has 0 rings (SSSR count). The SMILES string of the molecule is CC(C)=CC(=O)NCO. The summed E-state index contributed by atoms with van der Waals surface area (Å²) in [4.78, 5) is 10.5. The lowest BCUT2D eigenvalue weighted by Gasteiger charge is -1.93. The minimum absolute atomic E-state index is 0.252. The normalized spacial score (nSPS) is 8.33. The summed E-state index contributed by atoms with van der Waals surface area (Å²) in [6, 6.07) is 0. The molecule has 0 aliphatic carbocycles. The molecule has 0 aromatic carbocycles. The van der Waals surface area contributed by atoms with E-state index >= 15 is 0 Å². The number of allylic oxidation sites excluding steroid dienone is 1. The molecule has 0 heterocycles. The van der Waals surface area contributed by atoms with E-state index in [9.17, 15) is 4.79 Å². The summed E-state index contributed by atoms with van der Waals surface area (Å²) in [6.07, 6.45) is 1.43. The van der Waals surface area contributed by atoms with E-state index in [0.717, 1.165) is 5.57 Å². The van der Waals surface area contributed by atoms with Crippen molar-refractivity contribution in [1.82, 2.24) is 5.32 Å². The van der Waals surface area contributed by atoms with Crippen LogP contribution in [0, 0.1) is 0 Å². The van der Waals surface area contributed by atoms with E-state index in [1.807, 2.05) is 13.8 Å². The smallest absolute Gasteiger partial charge is 0.245 e. The highest BCUT2D eigenvalue weighted by atomic mass is 16.3. The van der Waals surface area contributed by atoms with Gasteiger partial charge in [-0.2, -0.15) is 0 Å². The Labute approximate surface area is 54.4 Å². The summed E-state index contributed by atoms with van der Waals surface area (Å²) in [5.41, 5.74) is 0.918. The Balaban J connectivity index is 3.63. The van der Waals surface area contributed by atoms with Crippen LogP contribution in [0.4, 0.5) is 0 Å². The average Bonchev–Trinajstić information content (AvgIpc) is 1.63. The third-order valence-electron chi connectivity index (χ3n) is 0.673. The third kappa shape index (κ3) is 5.03. The first kappa shape index (κ1) is 8.17. The molecule has 0 atom stereocenters. The van der Waals surface area contributed by atoms with Crippen molar-refractivity contribution in [1.29, 1.82) is 0 Å². The molecule has 3 heteroatoms. The maximum Gasteiger partial charge on any atom is 0.245 e. The second-order valence-electron chi connectivity index (χ2n) is 1.92. The molecule has 0 aliphatic rings. The number of hydrogen-bond acceptors (Lipinski definition) is 2. The lowest BCUT2D eigenvalue weighted by molar-refractivity contribution is -0.117. The maximum atomic E-state index is 10.5. The average molecular weight is 129 g/mol. The number of aliphatic hydroxyl groups is 1. The van der Waals surface area contributed by atoms with Gasteiger partial charge < -0.3 is 10.4 Å². The van der Waals surface area contributed by atoms with Crippen LogP contribution in [-0.4, -0.2) is 17.7 Å². The van der Waals surface area contributed by atoms with Crippen molar-refractivity contribution in [2.75, 3.05) is 6.73 Å². The largest absolute Gasteiger partial charge is 0.376 e. The number of amides is 1. The van der Waals surface area contributed by atoms with Crippen LogP contribution in [0.2, 0.25) is 0 Å². The molecule has 0 aliphatic heterocycles. The summed E-state index contributed by atoms with van der Waals surface area (Å²) in [5.74, 6) is -0.252. The predicted molar refractivity (Wildman–Crippen MR) is 34.7 cm³/mol. The van der Waals surface area contributed by atoms with E-state index in [4.69, 9.17) is 5.11 Å². The second kappa shape index (κ2) is 4.09. The molecule has 9 heavy (non-hydrogen) atoms. The fraction of sp³-hybridized carbons (Fsp3) is 0.500. The first-order chi connectivity index (χ1) is 4.16. The molecule has 0 spiro atoms.